The maximum atomic E-state index is 12.0. The molecular formula is C17H17BrN2O4. The van der Waals surface area contributed by atoms with E-state index in [-0.39, 0.29) is 12.5 Å². The summed E-state index contributed by atoms with van der Waals surface area (Å²) in [6.45, 7) is 2.10. The van der Waals surface area contributed by atoms with Crippen LogP contribution in [0.2, 0.25) is 0 Å². The van der Waals surface area contributed by atoms with Gasteiger partial charge in [0.15, 0.2) is 18.1 Å². The van der Waals surface area contributed by atoms with E-state index in [1.807, 2.05) is 25.1 Å². The quantitative estimate of drug-likeness (QED) is 0.427. The molecule has 0 aliphatic rings. The number of rotatable bonds is 7. The number of anilines is 1. The van der Waals surface area contributed by atoms with E-state index in [1.165, 1.54) is 6.21 Å². The van der Waals surface area contributed by atoms with Crippen molar-refractivity contribution in [1.29, 1.82) is 0 Å². The lowest BCUT2D eigenvalue weighted by Gasteiger charge is -2.14. The molecule has 0 saturated heterocycles. The summed E-state index contributed by atoms with van der Waals surface area (Å²) < 4.78 is 11.7. The SMILES string of the molecule is CCOc1cc(C=NO)cc(Br)c1OCC(=O)Nc1ccccc1. The summed E-state index contributed by atoms with van der Waals surface area (Å²) in [5, 5.41) is 14.4. The van der Waals surface area contributed by atoms with E-state index in [1.54, 1.807) is 24.3 Å². The topological polar surface area (TPSA) is 80.2 Å². The van der Waals surface area contributed by atoms with Crippen LogP contribution in [0.15, 0.2) is 52.1 Å². The van der Waals surface area contributed by atoms with Crippen molar-refractivity contribution in [3.05, 3.63) is 52.5 Å². The molecule has 0 saturated carbocycles. The highest BCUT2D eigenvalue weighted by molar-refractivity contribution is 9.10. The average molecular weight is 393 g/mol. The Labute approximate surface area is 148 Å². The molecule has 7 heteroatoms. The van der Waals surface area contributed by atoms with Crippen LogP contribution in [-0.2, 0) is 4.79 Å². The summed E-state index contributed by atoms with van der Waals surface area (Å²) >= 11 is 3.37. The van der Waals surface area contributed by atoms with Gasteiger partial charge in [0.2, 0.25) is 0 Å². The zero-order chi connectivity index (χ0) is 17.4. The highest BCUT2D eigenvalue weighted by Gasteiger charge is 2.14. The molecule has 1 amide bonds. The fourth-order valence-electron chi connectivity index (χ4n) is 1.99. The fourth-order valence-corrected chi connectivity index (χ4v) is 2.56. The van der Waals surface area contributed by atoms with Crippen LogP contribution in [0.1, 0.15) is 12.5 Å². The number of hydrogen-bond donors (Lipinski definition) is 2. The number of halogens is 1. The van der Waals surface area contributed by atoms with Gasteiger partial charge in [-0.15, -0.1) is 0 Å². The van der Waals surface area contributed by atoms with Crippen molar-refractivity contribution in [3.8, 4) is 11.5 Å². The van der Waals surface area contributed by atoms with Gasteiger partial charge in [-0.2, -0.15) is 0 Å². The highest BCUT2D eigenvalue weighted by atomic mass is 79.9. The number of nitrogens with one attached hydrogen (secondary N) is 1. The molecule has 2 aromatic carbocycles. The van der Waals surface area contributed by atoms with Crippen LogP contribution in [0.4, 0.5) is 5.69 Å². The molecule has 2 aromatic rings. The van der Waals surface area contributed by atoms with E-state index in [2.05, 4.69) is 26.4 Å². The van der Waals surface area contributed by atoms with E-state index in [0.29, 0.717) is 33.8 Å². The molecule has 0 heterocycles. The van der Waals surface area contributed by atoms with Crippen molar-refractivity contribution < 1.29 is 19.5 Å². The minimum atomic E-state index is -0.281. The number of benzene rings is 2. The molecule has 126 valence electrons. The van der Waals surface area contributed by atoms with Gasteiger partial charge in [-0.25, -0.2) is 0 Å². The first-order chi connectivity index (χ1) is 11.6. The summed E-state index contributed by atoms with van der Waals surface area (Å²) in [7, 11) is 0. The predicted molar refractivity (Wildman–Crippen MR) is 95.3 cm³/mol. The number of hydrogen-bond acceptors (Lipinski definition) is 5. The number of nitrogens with zero attached hydrogens (tertiary/aromatic N) is 1. The van der Waals surface area contributed by atoms with Crippen LogP contribution < -0.4 is 14.8 Å². The summed E-state index contributed by atoms with van der Waals surface area (Å²) in [6.07, 6.45) is 1.28. The lowest BCUT2D eigenvalue weighted by atomic mass is 10.2. The summed E-state index contributed by atoms with van der Waals surface area (Å²) in [6, 6.07) is 12.5. The van der Waals surface area contributed by atoms with Gasteiger partial charge in [0.1, 0.15) is 0 Å². The van der Waals surface area contributed by atoms with Crippen LogP contribution in [0.5, 0.6) is 11.5 Å². The second kappa shape index (κ2) is 8.93. The fraction of sp³-hybridized carbons (Fsp3) is 0.176. The number of ether oxygens (including phenoxy) is 2. The molecule has 0 aliphatic heterocycles. The molecule has 0 bridgehead atoms. The Balaban J connectivity index is 2.09. The molecule has 6 nitrogen and oxygen atoms in total. The van der Waals surface area contributed by atoms with Crippen molar-refractivity contribution in [1.82, 2.24) is 0 Å². The Kier molecular flexibility index (Phi) is 6.62. The number of carbonyl (C=O) groups excluding carboxylic acids is 1. The van der Waals surface area contributed by atoms with Crippen molar-refractivity contribution in [2.24, 2.45) is 5.16 Å². The minimum Gasteiger partial charge on any atom is -0.490 e. The minimum absolute atomic E-state index is 0.166. The molecule has 0 unspecified atom stereocenters. The molecule has 0 spiro atoms. The van der Waals surface area contributed by atoms with Gasteiger partial charge >= 0.3 is 0 Å². The second-order valence-electron chi connectivity index (χ2n) is 4.71. The second-order valence-corrected chi connectivity index (χ2v) is 5.56. The predicted octanol–water partition coefficient (Wildman–Crippen LogP) is 3.67. The Morgan fingerprint density at radius 3 is 2.71 bits per heavy atom. The van der Waals surface area contributed by atoms with Crippen molar-refractivity contribution in [2.75, 3.05) is 18.5 Å². The van der Waals surface area contributed by atoms with Gasteiger partial charge in [-0.1, -0.05) is 23.4 Å². The van der Waals surface area contributed by atoms with E-state index < -0.39 is 0 Å². The zero-order valence-corrected chi connectivity index (χ0v) is 14.6. The van der Waals surface area contributed by atoms with Crippen molar-refractivity contribution in [3.63, 3.8) is 0 Å². The van der Waals surface area contributed by atoms with E-state index >= 15 is 0 Å². The van der Waals surface area contributed by atoms with E-state index in [9.17, 15) is 4.79 Å². The Hall–Kier alpha value is -2.54. The van der Waals surface area contributed by atoms with Gasteiger partial charge in [-0.05, 0) is 47.1 Å². The number of oxime groups is 1. The first-order valence-electron chi connectivity index (χ1n) is 7.25. The lowest BCUT2D eigenvalue weighted by Crippen LogP contribution is -2.20. The highest BCUT2D eigenvalue weighted by Crippen LogP contribution is 2.36. The molecule has 0 radical (unpaired) electrons. The third-order valence-corrected chi connectivity index (χ3v) is 3.53. The molecule has 2 rings (SSSR count). The molecular weight excluding hydrogens is 376 g/mol. The standard InChI is InChI=1S/C17H17BrN2O4/c1-2-23-15-9-12(10-19-22)8-14(18)17(15)24-11-16(21)20-13-6-4-3-5-7-13/h3-10,22H,2,11H2,1H3,(H,20,21). The zero-order valence-electron chi connectivity index (χ0n) is 13.0. The number of carbonyl (C=O) groups is 1. The first-order valence-corrected chi connectivity index (χ1v) is 8.04. The van der Waals surface area contributed by atoms with Crippen LogP contribution in [0, 0.1) is 0 Å². The summed E-state index contributed by atoms with van der Waals surface area (Å²) in [4.78, 5) is 12.0. The van der Waals surface area contributed by atoms with Crippen LogP contribution in [0.3, 0.4) is 0 Å². The molecule has 0 aromatic heterocycles. The number of para-hydroxylation sites is 1. The Bertz CT molecular complexity index is 720. The summed E-state index contributed by atoms with van der Waals surface area (Å²) in [5.41, 5.74) is 1.33. The Morgan fingerprint density at radius 1 is 1.29 bits per heavy atom. The van der Waals surface area contributed by atoms with Crippen molar-refractivity contribution in [2.45, 2.75) is 6.92 Å². The largest absolute Gasteiger partial charge is 0.490 e. The lowest BCUT2D eigenvalue weighted by molar-refractivity contribution is -0.118. The first kappa shape index (κ1) is 17.8. The molecule has 24 heavy (non-hydrogen) atoms. The molecule has 0 fully saturated rings. The molecule has 0 aliphatic carbocycles. The van der Waals surface area contributed by atoms with E-state index in [0.717, 1.165) is 0 Å². The van der Waals surface area contributed by atoms with E-state index in [4.69, 9.17) is 14.7 Å². The number of amides is 1. The third kappa shape index (κ3) is 4.99. The average Bonchev–Trinajstić information content (AvgIpc) is 2.55. The van der Waals surface area contributed by atoms with Crippen LogP contribution in [-0.4, -0.2) is 30.5 Å². The Morgan fingerprint density at radius 2 is 2.04 bits per heavy atom. The van der Waals surface area contributed by atoms with Gasteiger partial charge in [0, 0.05) is 11.3 Å². The molecule has 0 atom stereocenters. The smallest absolute Gasteiger partial charge is 0.262 e. The summed E-state index contributed by atoms with van der Waals surface area (Å²) in [5.74, 6) is 0.584. The maximum Gasteiger partial charge on any atom is 0.262 e. The molecule has 2 N–H and O–H groups in total. The van der Waals surface area contributed by atoms with Gasteiger partial charge in [0.25, 0.3) is 5.91 Å². The van der Waals surface area contributed by atoms with Gasteiger partial charge in [0.05, 0.1) is 17.3 Å². The van der Waals surface area contributed by atoms with Gasteiger partial charge in [-0.3, -0.25) is 4.79 Å². The normalized spacial score (nSPS) is 10.6. The van der Waals surface area contributed by atoms with Gasteiger partial charge < -0.3 is 20.0 Å². The van der Waals surface area contributed by atoms with Crippen molar-refractivity contribution >= 4 is 33.7 Å². The third-order valence-electron chi connectivity index (χ3n) is 2.94. The van der Waals surface area contributed by atoms with Crippen LogP contribution in [0.25, 0.3) is 0 Å². The van der Waals surface area contributed by atoms with Crippen LogP contribution >= 0.6 is 15.9 Å². The monoisotopic (exact) mass is 392 g/mol. The maximum absolute atomic E-state index is 12.0.